The van der Waals surface area contributed by atoms with E-state index in [0.717, 1.165) is 113 Å². The van der Waals surface area contributed by atoms with Crippen LogP contribution in [-0.2, 0) is 21.1 Å². The molecule has 0 amide bonds. The first-order chi connectivity index (χ1) is 36.6. The monoisotopic (exact) mass is 1110 g/mol. The maximum atomic E-state index is 10.6. The lowest BCUT2D eigenvalue weighted by Gasteiger charge is -2.22. The molecule has 8 aromatic rings. The van der Waals surface area contributed by atoms with Gasteiger partial charge in [0.25, 0.3) is 0 Å². The predicted octanol–water partition coefficient (Wildman–Crippen LogP) is 8.14. The summed E-state index contributed by atoms with van der Waals surface area (Å²) in [6.07, 6.45) is 9.13. The summed E-state index contributed by atoms with van der Waals surface area (Å²) in [6.45, 7) is 11.9. The van der Waals surface area contributed by atoms with Crippen molar-refractivity contribution in [3.63, 3.8) is 0 Å². The average molecular weight is 1110 g/mol. The van der Waals surface area contributed by atoms with E-state index < -0.39 is 32.4 Å². The van der Waals surface area contributed by atoms with Crippen LogP contribution in [0.5, 0.6) is 0 Å². The Morgan fingerprint density at radius 2 is 1.47 bits per heavy atom. The molecule has 0 spiro atoms. The number of fused-ring (bicyclic) bond motifs is 3. The highest BCUT2D eigenvalue weighted by atomic mass is 32.1. The van der Waals surface area contributed by atoms with E-state index in [0.29, 0.717) is 25.5 Å². The quantitative estimate of drug-likeness (QED) is 0.0454. The molecule has 1 unspecified atom stereocenters. The molecule has 4 N–H and O–H groups in total. The number of halogens is 6. The lowest BCUT2D eigenvalue weighted by molar-refractivity contribution is -0.193. The van der Waals surface area contributed by atoms with E-state index in [1.54, 1.807) is 24.4 Å². The fourth-order valence-electron chi connectivity index (χ4n) is 8.50. The standard InChI is InChI=1S/C22H31N7OSi.C21H18N10S.2C2HF3O2/c1-31(2,3)11-10-30-16-28-9-6-19-21(25-15-26-22(19)28)18-13-27-29(14-18)20(4-7-23)17-5-8-24-12-17;22-4-1-17(13-3-6-30(9-13)21-24-8-16-20(29-21)32-12-27-16)31-10-14(7-28-31)18-15-2-5-23-19(15)26-11-25-18;2*3-2(4,5)1(6)7/h6,9,13-15,17,20,24H,4-5,8,10-12,16H2,1-3H3;2,5,7-8,10-13,17H,1,3,6,9H2,(H,23,25,26);2*(H,6,7)/t17-,20?;13-,17-;;/m00../s1. The van der Waals surface area contributed by atoms with Crippen molar-refractivity contribution in [3.8, 4) is 34.7 Å². The molecule has 22 nitrogen and oxygen atoms in total. The number of rotatable bonds is 14. The van der Waals surface area contributed by atoms with Crippen LogP contribution in [0.1, 0.15) is 37.8 Å². The Hall–Kier alpha value is -7.93. The van der Waals surface area contributed by atoms with Crippen LogP contribution in [0.25, 0.3) is 54.9 Å². The first-order valence-electron chi connectivity index (χ1n) is 23.8. The number of aliphatic carboxylic acids is 2. The van der Waals surface area contributed by atoms with Gasteiger partial charge in [0.1, 0.15) is 41.0 Å². The van der Waals surface area contributed by atoms with Crippen molar-refractivity contribution in [1.29, 1.82) is 10.5 Å². The second kappa shape index (κ2) is 24.8. The summed E-state index contributed by atoms with van der Waals surface area (Å²) in [7, 11) is -1.10. The van der Waals surface area contributed by atoms with Crippen molar-refractivity contribution in [2.45, 2.75) is 82.5 Å². The maximum Gasteiger partial charge on any atom is 0.490 e. The molecule has 2 aliphatic heterocycles. The summed E-state index contributed by atoms with van der Waals surface area (Å²) in [4.78, 5) is 55.1. The lowest BCUT2D eigenvalue weighted by atomic mass is 9.96. The molecule has 0 radical (unpaired) electrons. The minimum absolute atomic E-state index is 0.0329. The number of nitrogens with one attached hydrogen (secondary N) is 2. The van der Waals surface area contributed by atoms with Gasteiger partial charge in [0.15, 0.2) is 0 Å². The van der Waals surface area contributed by atoms with Gasteiger partial charge in [-0.3, -0.25) is 9.36 Å². The Bertz CT molecular complexity index is 3330. The SMILES string of the molecule is C[Si](C)(C)CCOCn1ccc2c(-c3cnn(C(CC#N)[C@H]4CCNC4)c3)ncnc21.N#CC[C@@H]([C@H]1CCN(c2ncc3ncsc3n2)C1)n1cc(-c2ncnc3[nH]ccc23)cn1.O=C(O)C(F)(F)F.O=C(O)C(F)(F)F. The number of carbonyl (C=O) groups is 2. The summed E-state index contributed by atoms with van der Waals surface area (Å²) >= 11 is 1.52. The summed E-state index contributed by atoms with van der Waals surface area (Å²) in [5.41, 5.74) is 7.80. The molecule has 10 rings (SSSR count). The van der Waals surface area contributed by atoms with Crippen LogP contribution < -0.4 is 10.2 Å². The molecule has 77 heavy (non-hydrogen) atoms. The number of aromatic nitrogens is 13. The van der Waals surface area contributed by atoms with Gasteiger partial charge in [0, 0.05) is 86.9 Å². The number of nitriles is 2. The van der Waals surface area contributed by atoms with Crippen LogP contribution in [0.3, 0.4) is 0 Å². The van der Waals surface area contributed by atoms with Crippen LogP contribution in [0.2, 0.25) is 25.7 Å². The molecule has 0 aromatic carbocycles. The van der Waals surface area contributed by atoms with Crippen molar-refractivity contribution in [1.82, 2.24) is 69.3 Å². The zero-order valence-electron chi connectivity index (χ0n) is 41.5. The summed E-state index contributed by atoms with van der Waals surface area (Å²) in [5.74, 6) is -4.11. The zero-order chi connectivity index (χ0) is 55.5. The van der Waals surface area contributed by atoms with Crippen molar-refractivity contribution in [2.24, 2.45) is 11.8 Å². The number of H-pyrrole nitrogens is 1. The van der Waals surface area contributed by atoms with Gasteiger partial charge in [-0.05, 0) is 43.5 Å². The van der Waals surface area contributed by atoms with Crippen molar-refractivity contribution in [2.75, 3.05) is 37.7 Å². The molecule has 2 fully saturated rings. The van der Waals surface area contributed by atoms with E-state index in [1.807, 2.05) is 63.2 Å². The summed E-state index contributed by atoms with van der Waals surface area (Å²) in [5, 5.41) is 47.6. The number of ether oxygens (including phenoxy) is 1. The first kappa shape index (κ1) is 56.8. The Labute approximate surface area is 439 Å². The van der Waals surface area contributed by atoms with E-state index in [4.69, 9.17) is 24.5 Å². The van der Waals surface area contributed by atoms with Crippen LogP contribution in [-0.4, -0.2) is 139 Å². The molecule has 2 saturated heterocycles. The van der Waals surface area contributed by atoms with Gasteiger partial charge in [0.2, 0.25) is 5.95 Å². The third-order valence-electron chi connectivity index (χ3n) is 12.4. The van der Waals surface area contributed by atoms with Crippen LogP contribution in [0.4, 0.5) is 32.3 Å². The number of nitrogens with zero attached hydrogens (tertiary/aromatic N) is 15. The molecule has 8 aromatic heterocycles. The Morgan fingerprint density at radius 3 is 2.06 bits per heavy atom. The van der Waals surface area contributed by atoms with Gasteiger partial charge in [-0.15, -0.1) is 11.3 Å². The van der Waals surface area contributed by atoms with E-state index in [2.05, 4.69) is 92.1 Å². The zero-order valence-corrected chi connectivity index (χ0v) is 43.3. The van der Waals surface area contributed by atoms with E-state index in [9.17, 15) is 36.9 Å². The fourth-order valence-corrected chi connectivity index (χ4v) is 9.89. The number of aromatic amines is 1. The molecule has 0 saturated carbocycles. The molecular weight excluding hydrogens is 1060 g/mol. The highest BCUT2D eigenvalue weighted by molar-refractivity contribution is 7.16. The number of hydrogen-bond acceptors (Lipinski definition) is 17. The number of anilines is 1. The Morgan fingerprint density at radius 1 is 0.844 bits per heavy atom. The van der Waals surface area contributed by atoms with Crippen molar-refractivity contribution in [3.05, 3.63) is 73.7 Å². The molecule has 10 heterocycles. The molecule has 0 aliphatic carbocycles. The highest BCUT2D eigenvalue weighted by Crippen LogP contribution is 2.35. The number of carboxylic acid groups (broad SMARTS) is 2. The molecular formula is C47H51F6N17O5SSi. The Balaban J connectivity index is 0.000000180. The topological polar surface area (TPSA) is 293 Å². The highest BCUT2D eigenvalue weighted by Gasteiger charge is 2.39. The van der Waals surface area contributed by atoms with E-state index >= 15 is 0 Å². The van der Waals surface area contributed by atoms with Gasteiger partial charge < -0.3 is 34.7 Å². The van der Waals surface area contributed by atoms with E-state index in [-0.39, 0.29) is 18.0 Å². The van der Waals surface area contributed by atoms with Gasteiger partial charge in [0.05, 0.1) is 72.6 Å². The molecule has 406 valence electrons. The average Bonchev–Trinajstić information content (AvgIpc) is 4.25. The predicted molar refractivity (Wildman–Crippen MR) is 270 cm³/mol. The smallest absolute Gasteiger partial charge is 0.475 e. The number of hydrogen-bond donors (Lipinski definition) is 4. The van der Waals surface area contributed by atoms with E-state index in [1.165, 1.54) is 11.3 Å². The second-order valence-electron chi connectivity index (χ2n) is 18.9. The minimum Gasteiger partial charge on any atom is -0.475 e. The van der Waals surface area contributed by atoms with Gasteiger partial charge in [-0.25, -0.2) is 44.5 Å². The molecule has 4 atom stereocenters. The van der Waals surface area contributed by atoms with Gasteiger partial charge in [-0.2, -0.15) is 47.1 Å². The normalized spacial score (nSPS) is 16.4. The second-order valence-corrected chi connectivity index (χ2v) is 25.4. The molecule has 30 heteroatoms. The minimum atomic E-state index is -5.08. The Kier molecular flexibility index (Phi) is 18.3. The van der Waals surface area contributed by atoms with Gasteiger partial charge >= 0.3 is 24.3 Å². The molecule has 2 aliphatic rings. The first-order valence-corrected chi connectivity index (χ1v) is 28.3. The van der Waals surface area contributed by atoms with Crippen molar-refractivity contribution >= 4 is 69.7 Å². The molecule has 0 bridgehead atoms. The number of thiazole rings is 1. The van der Waals surface area contributed by atoms with Crippen LogP contribution >= 0.6 is 11.3 Å². The fraction of sp³-hybridized carbons (Fsp3) is 0.426. The number of carboxylic acids is 2. The lowest BCUT2D eigenvalue weighted by Crippen LogP contribution is -2.26. The maximum absolute atomic E-state index is 10.6. The van der Waals surface area contributed by atoms with Crippen LogP contribution in [0, 0.1) is 34.5 Å². The number of alkyl halides is 6. The van der Waals surface area contributed by atoms with Gasteiger partial charge in [-0.1, -0.05) is 19.6 Å². The largest absolute Gasteiger partial charge is 0.490 e. The summed E-state index contributed by atoms with van der Waals surface area (Å²) < 4.78 is 75.3. The third kappa shape index (κ3) is 14.7. The van der Waals surface area contributed by atoms with Crippen LogP contribution in [0.15, 0.2) is 73.7 Å². The third-order valence-corrected chi connectivity index (χ3v) is 14.9. The summed E-state index contributed by atoms with van der Waals surface area (Å²) in [6, 6.07) is 9.87. The van der Waals surface area contributed by atoms with Crippen molar-refractivity contribution < 1.29 is 50.9 Å².